The van der Waals surface area contributed by atoms with Gasteiger partial charge >= 0.3 is 6.09 Å². The molecule has 2 unspecified atom stereocenters. The fourth-order valence-corrected chi connectivity index (χ4v) is 1.77. The number of anilines is 1. The first-order valence-corrected chi connectivity index (χ1v) is 5.42. The van der Waals surface area contributed by atoms with E-state index in [0.717, 1.165) is 10.5 Å². The monoisotopic (exact) mass is 237 g/mol. The van der Waals surface area contributed by atoms with Crippen LogP contribution in [0.2, 0.25) is 0 Å². The van der Waals surface area contributed by atoms with Crippen LogP contribution in [-0.2, 0) is 9.47 Å². The smallest absolute Gasteiger partial charge is 0.411 e. The maximum atomic E-state index is 11.0. The van der Waals surface area contributed by atoms with Crippen molar-refractivity contribution in [1.29, 1.82) is 0 Å². The number of carboxylic acid groups (broad SMARTS) is 1. The number of hydrogen-bond donors (Lipinski definition) is 1. The Labute approximate surface area is 99.6 Å². The lowest BCUT2D eigenvalue weighted by Crippen LogP contribution is -2.25. The predicted molar refractivity (Wildman–Crippen MR) is 62.1 cm³/mol. The van der Waals surface area contributed by atoms with Crippen molar-refractivity contribution < 1.29 is 19.4 Å². The lowest BCUT2D eigenvalue weighted by molar-refractivity contribution is -0.0568. The molecule has 92 valence electrons. The Bertz CT molecular complexity index is 421. The van der Waals surface area contributed by atoms with Crippen molar-refractivity contribution in [3.8, 4) is 0 Å². The van der Waals surface area contributed by atoms with E-state index >= 15 is 0 Å². The van der Waals surface area contributed by atoms with Gasteiger partial charge in [-0.15, -0.1) is 0 Å². The number of para-hydroxylation sites is 1. The Morgan fingerprint density at radius 2 is 2.18 bits per heavy atom. The largest absolute Gasteiger partial charge is 0.465 e. The first-order chi connectivity index (χ1) is 8.09. The molecule has 0 saturated carbocycles. The molecule has 2 atom stereocenters. The molecule has 1 aromatic rings. The number of rotatable bonds is 2. The van der Waals surface area contributed by atoms with E-state index in [4.69, 9.17) is 14.6 Å². The molecule has 0 bridgehead atoms. The molecule has 1 heterocycles. The molecule has 17 heavy (non-hydrogen) atoms. The van der Waals surface area contributed by atoms with Crippen LogP contribution in [-0.4, -0.2) is 31.0 Å². The highest BCUT2D eigenvalue weighted by molar-refractivity contribution is 5.86. The van der Waals surface area contributed by atoms with Gasteiger partial charge in [0.15, 0.2) is 6.29 Å². The maximum absolute atomic E-state index is 11.0. The molecule has 5 heteroatoms. The molecule has 1 saturated heterocycles. The molecular weight excluding hydrogens is 222 g/mol. The zero-order valence-electron chi connectivity index (χ0n) is 9.79. The van der Waals surface area contributed by atoms with Gasteiger partial charge in [0.05, 0.1) is 18.4 Å². The lowest BCUT2D eigenvalue weighted by atomic mass is 10.1. The number of nitrogens with zero attached hydrogens (tertiary/aromatic N) is 1. The molecule has 1 aliphatic rings. The van der Waals surface area contributed by atoms with Crippen LogP contribution >= 0.6 is 0 Å². The van der Waals surface area contributed by atoms with Crippen LogP contribution in [0, 0.1) is 0 Å². The zero-order chi connectivity index (χ0) is 12.4. The molecule has 0 radical (unpaired) electrons. The van der Waals surface area contributed by atoms with E-state index in [2.05, 4.69) is 0 Å². The van der Waals surface area contributed by atoms with Crippen molar-refractivity contribution in [3.05, 3.63) is 29.8 Å². The average molecular weight is 237 g/mol. The van der Waals surface area contributed by atoms with Gasteiger partial charge in [-0.1, -0.05) is 18.2 Å². The number of benzene rings is 1. The average Bonchev–Trinajstić information content (AvgIpc) is 2.74. The second-order valence-electron chi connectivity index (χ2n) is 4.01. The second kappa shape index (κ2) is 4.73. The summed E-state index contributed by atoms with van der Waals surface area (Å²) in [5.74, 6) is 0. The summed E-state index contributed by atoms with van der Waals surface area (Å²) in [7, 11) is 1.50. The van der Waals surface area contributed by atoms with Crippen LogP contribution in [0.4, 0.5) is 10.5 Å². The van der Waals surface area contributed by atoms with E-state index in [-0.39, 0.29) is 6.10 Å². The highest BCUT2D eigenvalue weighted by atomic mass is 16.7. The van der Waals surface area contributed by atoms with E-state index in [0.29, 0.717) is 12.3 Å². The molecule has 5 nitrogen and oxygen atoms in total. The SMILES string of the molecule is CC1COC(c2ccccc2N(C)C(=O)O)O1. The van der Waals surface area contributed by atoms with Gasteiger partial charge in [0.1, 0.15) is 0 Å². The minimum absolute atomic E-state index is 0.0307. The van der Waals surface area contributed by atoms with Gasteiger partial charge in [-0.2, -0.15) is 0 Å². The van der Waals surface area contributed by atoms with Crippen molar-refractivity contribution in [2.24, 2.45) is 0 Å². The van der Waals surface area contributed by atoms with Crippen LogP contribution < -0.4 is 4.90 Å². The second-order valence-corrected chi connectivity index (χ2v) is 4.01. The first kappa shape index (κ1) is 11.9. The molecule has 0 aromatic heterocycles. The van der Waals surface area contributed by atoms with Gasteiger partial charge in [0.25, 0.3) is 0 Å². The molecule has 1 amide bonds. The van der Waals surface area contributed by atoms with Crippen LogP contribution in [0.15, 0.2) is 24.3 Å². The topological polar surface area (TPSA) is 59.0 Å². The van der Waals surface area contributed by atoms with E-state index in [1.54, 1.807) is 12.1 Å². The van der Waals surface area contributed by atoms with Gasteiger partial charge in [0.2, 0.25) is 0 Å². The summed E-state index contributed by atoms with van der Waals surface area (Å²) < 4.78 is 11.1. The van der Waals surface area contributed by atoms with Gasteiger partial charge < -0.3 is 14.6 Å². The molecule has 1 aliphatic heterocycles. The van der Waals surface area contributed by atoms with E-state index in [9.17, 15) is 4.79 Å². The highest BCUT2D eigenvalue weighted by Crippen LogP contribution is 2.33. The zero-order valence-corrected chi connectivity index (χ0v) is 9.79. The fourth-order valence-electron chi connectivity index (χ4n) is 1.77. The third-order valence-corrected chi connectivity index (χ3v) is 2.68. The van der Waals surface area contributed by atoms with E-state index < -0.39 is 12.4 Å². The van der Waals surface area contributed by atoms with E-state index in [1.807, 2.05) is 19.1 Å². The number of carbonyl (C=O) groups is 1. The Kier molecular flexibility index (Phi) is 3.31. The number of amides is 1. The molecule has 0 spiro atoms. The quantitative estimate of drug-likeness (QED) is 0.856. The van der Waals surface area contributed by atoms with Gasteiger partial charge in [-0.3, -0.25) is 4.90 Å². The van der Waals surface area contributed by atoms with Gasteiger partial charge in [-0.05, 0) is 13.0 Å². The van der Waals surface area contributed by atoms with Crippen molar-refractivity contribution in [2.45, 2.75) is 19.3 Å². The van der Waals surface area contributed by atoms with E-state index in [1.165, 1.54) is 7.05 Å². The number of hydrogen-bond acceptors (Lipinski definition) is 3. The molecule has 2 rings (SSSR count). The third-order valence-electron chi connectivity index (χ3n) is 2.68. The summed E-state index contributed by atoms with van der Waals surface area (Å²) in [6.07, 6.45) is -1.46. The summed E-state index contributed by atoms with van der Waals surface area (Å²) in [5.41, 5.74) is 1.32. The standard InChI is InChI=1S/C12H15NO4/c1-8-7-16-11(17-8)9-5-3-4-6-10(9)13(2)12(14)15/h3-6,8,11H,7H2,1-2H3,(H,14,15). The normalized spacial score (nSPS) is 23.6. The van der Waals surface area contributed by atoms with Crippen LogP contribution in [0.1, 0.15) is 18.8 Å². The molecule has 1 aromatic carbocycles. The minimum atomic E-state index is -1.01. The molecular formula is C12H15NO4. The Morgan fingerprint density at radius 1 is 1.47 bits per heavy atom. The van der Waals surface area contributed by atoms with Crippen LogP contribution in [0.5, 0.6) is 0 Å². The van der Waals surface area contributed by atoms with Crippen molar-refractivity contribution >= 4 is 11.8 Å². The third kappa shape index (κ3) is 2.40. The maximum Gasteiger partial charge on any atom is 0.411 e. The number of ether oxygens (including phenoxy) is 2. The summed E-state index contributed by atoms with van der Waals surface area (Å²) in [5, 5.41) is 9.00. The van der Waals surface area contributed by atoms with Crippen molar-refractivity contribution in [3.63, 3.8) is 0 Å². The summed E-state index contributed by atoms with van der Waals surface area (Å²) in [6.45, 7) is 2.44. The molecule has 1 N–H and O–H groups in total. The molecule has 0 aliphatic carbocycles. The highest BCUT2D eigenvalue weighted by Gasteiger charge is 2.27. The molecule has 1 fully saturated rings. The van der Waals surface area contributed by atoms with Gasteiger partial charge in [0, 0.05) is 12.6 Å². The lowest BCUT2D eigenvalue weighted by Gasteiger charge is -2.20. The fraction of sp³-hybridized carbons (Fsp3) is 0.417. The van der Waals surface area contributed by atoms with Crippen molar-refractivity contribution in [2.75, 3.05) is 18.6 Å². The van der Waals surface area contributed by atoms with Crippen LogP contribution in [0.25, 0.3) is 0 Å². The van der Waals surface area contributed by atoms with Crippen molar-refractivity contribution in [1.82, 2.24) is 0 Å². The first-order valence-electron chi connectivity index (χ1n) is 5.42. The summed E-state index contributed by atoms with van der Waals surface area (Å²) >= 11 is 0. The summed E-state index contributed by atoms with van der Waals surface area (Å²) in [4.78, 5) is 12.1. The minimum Gasteiger partial charge on any atom is -0.465 e. The van der Waals surface area contributed by atoms with Crippen LogP contribution in [0.3, 0.4) is 0 Å². The Hall–Kier alpha value is -1.59. The Morgan fingerprint density at radius 3 is 2.76 bits per heavy atom. The predicted octanol–water partition coefficient (Wildman–Crippen LogP) is 2.23. The summed E-state index contributed by atoms with van der Waals surface area (Å²) in [6, 6.07) is 7.18. The Balaban J connectivity index is 2.30. The van der Waals surface area contributed by atoms with Gasteiger partial charge in [-0.25, -0.2) is 4.79 Å².